The van der Waals surface area contributed by atoms with Gasteiger partial charge in [-0.05, 0) is 0 Å². The lowest BCUT2D eigenvalue weighted by atomic mass is 13.4. The maximum atomic E-state index is 9.80. The third kappa shape index (κ3) is 3.23. The molecule has 0 heterocycles. The molecule has 0 unspecified atom stereocenters. The number of nitrogens with zero attached hydrogens (tertiary/aromatic N) is 2. The lowest BCUT2D eigenvalue weighted by Crippen LogP contribution is -1.64. The third-order valence-electron chi connectivity index (χ3n) is 0.224. The highest BCUT2D eigenvalue weighted by Gasteiger charge is 1.96. The zero-order valence-electron chi connectivity index (χ0n) is 3.44. The molecule has 0 rings (SSSR count). The molecule has 0 aliphatic carbocycles. The first-order chi connectivity index (χ1) is 3.81. The second-order valence-electron chi connectivity index (χ2n) is 0.582. The summed E-state index contributed by atoms with van der Waals surface area (Å²) >= 11 is 0. The van der Waals surface area contributed by atoms with Crippen LogP contribution in [-0.4, -0.2) is 0 Å². The normalized spacial score (nSPS) is 8.12. The Morgan fingerprint density at radius 2 is 1.50 bits per heavy atom. The summed E-state index contributed by atoms with van der Waals surface area (Å²) in [6, 6.07) is 0. The summed E-state index contributed by atoms with van der Waals surface area (Å²) < 4.78 is 16.6. The molecule has 0 aromatic carbocycles. The van der Waals surface area contributed by atoms with Crippen LogP contribution in [0.2, 0.25) is 0 Å². The minimum atomic E-state index is -3.10. The van der Waals surface area contributed by atoms with Crippen LogP contribution in [0, 0.1) is 9.81 Å². The summed E-state index contributed by atoms with van der Waals surface area (Å²) in [5.41, 5.74) is 0. The number of hydrogen-bond acceptors (Lipinski definition) is 7. The monoisotopic (exact) mass is 140 g/mol. The highest BCUT2D eigenvalue weighted by Crippen LogP contribution is 2.23. The van der Waals surface area contributed by atoms with E-state index in [4.69, 9.17) is 9.81 Å². The van der Waals surface area contributed by atoms with Gasteiger partial charge in [-0.15, -0.1) is 9.81 Å². The molecule has 46 valence electrons. The van der Waals surface area contributed by atoms with E-state index in [-0.39, 0.29) is 0 Å². The fourth-order valence-electron chi connectivity index (χ4n) is 0.0775. The fourth-order valence-corrected chi connectivity index (χ4v) is 0.233. The van der Waals surface area contributed by atoms with Crippen LogP contribution >= 0.6 is 8.25 Å². The van der Waals surface area contributed by atoms with Crippen molar-refractivity contribution in [1.29, 1.82) is 0 Å². The summed E-state index contributed by atoms with van der Waals surface area (Å²) in [4.78, 5) is 18.0. The molecule has 0 saturated heterocycles. The van der Waals surface area contributed by atoms with Gasteiger partial charge in [0.25, 0.3) is 0 Å². The van der Waals surface area contributed by atoms with Crippen LogP contribution in [0.15, 0.2) is 10.7 Å². The van der Waals surface area contributed by atoms with Crippen molar-refractivity contribution in [3.8, 4) is 0 Å². The summed E-state index contributed by atoms with van der Waals surface area (Å²) in [5, 5.41) is 3.43. The smallest absolute Gasteiger partial charge is 0.271 e. The van der Waals surface area contributed by atoms with Crippen LogP contribution in [0.4, 0.5) is 0 Å². The van der Waals surface area contributed by atoms with Crippen LogP contribution in [0.25, 0.3) is 0 Å². The zero-order valence-corrected chi connectivity index (χ0v) is 4.44. The lowest BCUT2D eigenvalue weighted by Gasteiger charge is -1.85. The first-order valence-corrected chi connectivity index (χ1v) is 2.57. The largest absolute Gasteiger partial charge is 0.464 e. The molecule has 0 saturated carbocycles. The summed E-state index contributed by atoms with van der Waals surface area (Å²) in [5.74, 6) is 0. The van der Waals surface area contributed by atoms with Gasteiger partial charge >= 0.3 is 8.25 Å². The minimum absolute atomic E-state index is 1.71. The molecule has 0 radical (unpaired) electrons. The van der Waals surface area contributed by atoms with Gasteiger partial charge in [-0.1, -0.05) is 0 Å². The Labute approximate surface area is 43.8 Å². The van der Waals surface area contributed by atoms with Gasteiger partial charge in [0, 0.05) is 0 Å². The average Bonchev–Trinajstić information content (AvgIpc) is 1.68. The molecule has 0 N–H and O–H groups in total. The van der Waals surface area contributed by atoms with E-state index in [1.807, 2.05) is 0 Å². The van der Waals surface area contributed by atoms with Crippen molar-refractivity contribution < 1.29 is 13.8 Å². The van der Waals surface area contributed by atoms with Gasteiger partial charge in [-0.2, -0.15) is 0 Å². The summed E-state index contributed by atoms with van der Waals surface area (Å²) in [6.07, 6.45) is 0. The molecular formula is HN2O5P. The lowest BCUT2D eigenvalue weighted by molar-refractivity contribution is 0.236. The van der Waals surface area contributed by atoms with Crippen molar-refractivity contribution in [3.63, 3.8) is 0 Å². The fraction of sp³-hybridized carbons (Fsp3) is 0. The maximum absolute atomic E-state index is 9.80. The second-order valence-corrected chi connectivity index (χ2v) is 1.45. The molecule has 0 atom stereocenters. The quantitative estimate of drug-likeness (QED) is 0.326. The Bertz CT molecular complexity index is 97.0. The van der Waals surface area contributed by atoms with Crippen LogP contribution in [0.3, 0.4) is 0 Å². The van der Waals surface area contributed by atoms with Crippen molar-refractivity contribution in [1.82, 2.24) is 0 Å². The SMILES string of the molecule is O=NO[PH](=O)ON=O. The van der Waals surface area contributed by atoms with E-state index in [9.17, 15) is 4.57 Å². The number of hydrogen-bond donors (Lipinski definition) is 0. The first-order valence-electron chi connectivity index (χ1n) is 1.34. The number of rotatable bonds is 4. The van der Waals surface area contributed by atoms with E-state index in [2.05, 4.69) is 9.25 Å². The third-order valence-corrected chi connectivity index (χ3v) is 0.671. The Morgan fingerprint density at radius 1 is 1.12 bits per heavy atom. The molecule has 7 nitrogen and oxygen atoms in total. The Hall–Kier alpha value is -0.970. The zero-order chi connectivity index (χ0) is 6.41. The van der Waals surface area contributed by atoms with Crippen molar-refractivity contribution >= 4 is 8.25 Å². The summed E-state index contributed by atoms with van der Waals surface area (Å²) in [7, 11) is -3.10. The van der Waals surface area contributed by atoms with Crippen LogP contribution in [0.1, 0.15) is 0 Å². The van der Waals surface area contributed by atoms with Gasteiger partial charge in [0.15, 0.2) is 10.7 Å². The van der Waals surface area contributed by atoms with Crippen molar-refractivity contribution in [2.75, 3.05) is 0 Å². The molecule has 0 aromatic heterocycles. The highest BCUT2D eigenvalue weighted by molar-refractivity contribution is 7.33. The molecule has 8 heavy (non-hydrogen) atoms. The Kier molecular flexibility index (Phi) is 3.69. The summed E-state index contributed by atoms with van der Waals surface area (Å²) in [6.45, 7) is 0. The van der Waals surface area contributed by atoms with Crippen LogP contribution < -0.4 is 0 Å². The maximum Gasteiger partial charge on any atom is 0.464 e. The van der Waals surface area contributed by atoms with Crippen molar-refractivity contribution in [2.24, 2.45) is 10.7 Å². The average molecular weight is 140 g/mol. The molecule has 0 aliphatic rings. The Balaban J connectivity index is 3.32. The van der Waals surface area contributed by atoms with Crippen molar-refractivity contribution in [2.45, 2.75) is 0 Å². The Morgan fingerprint density at radius 3 is 1.75 bits per heavy atom. The molecular weight excluding hydrogens is 139 g/mol. The predicted molar refractivity (Wildman–Crippen MR) is 22.8 cm³/mol. The van der Waals surface area contributed by atoms with E-state index in [1.54, 1.807) is 10.7 Å². The van der Waals surface area contributed by atoms with Gasteiger partial charge in [-0.3, -0.25) is 9.25 Å². The van der Waals surface area contributed by atoms with E-state index in [0.29, 0.717) is 0 Å². The molecule has 0 fully saturated rings. The first kappa shape index (κ1) is 7.03. The molecule has 8 heteroatoms. The van der Waals surface area contributed by atoms with Crippen LogP contribution in [-0.2, 0) is 13.8 Å². The molecule has 0 aliphatic heterocycles. The van der Waals surface area contributed by atoms with Gasteiger partial charge in [0.2, 0.25) is 0 Å². The molecule has 0 aromatic rings. The molecule has 0 amide bonds. The van der Waals surface area contributed by atoms with Crippen molar-refractivity contribution in [3.05, 3.63) is 9.81 Å². The van der Waals surface area contributed by atoms with Gasteiger partial charge in [0.1, 0.15) is 0 Å². The van der Waals surface area contributed by atoms with E-state index in [1.165, 1.54) is 0 Å². The van der Waals surface area contributed by atoms with Crippen LogP contribution in [0.5, 0.6) is 0 Å². The minimum Gasteiger partial charge on any atom is -0.271 e. The predicted octanol–water partition coefficient (Wildman–Crippen LogP) is 0.772. The van der Waals surface area contributed by atoms with Gasteiger partial charge in [0.05, 0.1) is 0 Å². The molecule has 0 spiro atoms. The molecule has 0 bridgehead atoms. The van der Waals surface area contributed by atoms with Gasteiger partial charge in [-0.25, -0.2) is 4.57 Å². The topological polar surface area (TPSA) is 94.4 Å². The highest BCUT2D eigenvalue weighted by atomic mass is 31.1. The van der Waals surface area contributed by atoms with E-state index < -0.39 is 8.25 Å². The van der Waals surface area contributed by atoms with E-state index in [0.717, 1.165) is 0 Å². The second kappa shape index (κ2) is 4.20. The van der Waals surface area contributed by atoms with E-state index >= 15 is 0 Å². The standard InChI is InChI=1S/HN2O5P/c3-1-6-8(5)7-2-4/h8H. The van der Waals surface area contributed by atoms with Gasteiger partial charge < -0.3 is 0 Å².